The van der Waals surface area contributed by atoms with Crippen molar-refractivity contribution in [3.8, 4) is 0 Å². The van der Waals surface area contributed by atoms with Gasteiger partial charge in [0.05, 0.1) is 18.5 Å². The molecule has 0 unspecified atom stereocenters. The highest BCUT2D eigenvalue weighted by Crippen LogP contribution is 2.23. The van der Waals surface area contributed by atoms with E-state index in [0.29, 0.717) is 37.9 Å². The molecule has 102 valence electrons. The summed E-state index contributed by atoms with van der Waals surface area (Å²) >= 11 is 2.42. The topological polar surface area (TPSA) is 64.6 Å². The van der Waals surface area contributed by atoms with E-state index in [-0.39, 0.29) is 15.6 Å². The minimum atomic E-state index is -0.176. The Bertz CT molecular complexity index is 316. The number of rotatable bonds is 5. The number of carbonyl (C=O) groups excluding carboxylic acids is 2. The van der Waals surface area contributed by atoms with E-state index in [1.54, 1.807) is 6.92 Å². The Morgan fingerprint density at radius 1 is 1.39 bits per heavy atom. The van der Waals surface area contributed by atoms with Gasteiger partial charge in [-0.15, -0.1) is 0 Å². The summed E-state index contributed by atoms with van der Waals surface area (Å²) in [6.07, 6.45) is 0. The second-order valence-electron chi connectivity index (χ2n) is 3.73. The van der Waals surface area contributed by atoms with Crippen molar-refractivity contribution in [2.75, 3.05) is 32.3 Å². The second kappa shape index (κ2) is 8.58. The lowest BCUT2D eigenvalue weighted by atomic mass is 10.3. The van der Waals surface area contributed by atoms with Gasteiger partial charge in [-0.05, 0) is 6.92 Å². The Hall–Kier alpha value is -0.500. The van der Waals surface area contributed by atoms with E-state index in [1.165, 1.54) is 23.5 Å². The Morgan fingerprint density at radius 2 is 2.06 bits per heavy atom. The van der Waals surface area contributed by atoms with Crippen LogP contribution in [0.5, 0.6) is 0 Å². The zero-order valence-electron chi connectivity index (χ0n) is 10.3. The zero-order valence-corrected chi connectivity index (χ0v) is 11.9. The van der Waals surface area contributed by atoms with Crippen LogP contribution in [0.1, 0.15) is 6.92 Å². The maximum absolute atomic E-state index is 11.6. The summed E-state index contributed by atoms with van der Waals surface area (Å²) in [6, 6.07) is 0. The number of thioether (sulfide) groups is 2. The van der Waals surface area contributed by atoms with Gasteiger partial charge in [0.25, 0.3) is 0 Å². The minimum Gasteiger partial charge on any atom is -0.354 e. The largest absolute Gasteiger partial charge is 0.354 e. The van der Waals surface area contributed by atoms with Crippen LogP contribution in [0.3, 0.4) is 0 Å². The van der Waals surface area contributed by atoms with Crippen molar-refractivity contribution in [3.05, 3.63) is 12.2 Å². The molecule has 7 heteroatoms. The molecule has 1 amide bonds. The quantitative estimate of drug-likeness (QED) is 0.613. The summed E-state index contributed by atoms with van der Waals surface area (Å²) in [6.45, 7) is 7.03. The summed E-state index contributed by atoms with van der Waals surface area (Å²) in [5, 5.41) is 2.74. The van der Waals surface area contributed by atoms with Gasteiger partial charge < -0.3 is 14.8 Å². The van der Waals surface area contributed by atoms with E-state index < -0.39 is 0 Å². The van der Waals surface area contributed by atoms with E-state index in [2.05, 4.69) is 11.9 Å². The molecule has 1 N–H and O–H groups in total. The van der Waals surface area contributed by atoms with Crippen molar-refractivity contribution in [1.82, 2.24) is 5.32 Å². The second-order valence-corrected chi connectivity index (χ2v) is 6.33. The zero-order chi connectivity index (χ0) is 13.4. The molecule has 1 aliphatic rings. The molecule has 0 spiro atoms. The number of hydrogen-bond acceptors (Lipinski definition) is 6. The highest BCUT2D eigenvalue weighted by atomic mass is 32.2. The lowest BCUT2D eigenvalue weighted by Crippen LogP contribution is -2.27. The summed E-state index contributed by atoms with van der Waals surface area (Å²) in [5.41, 5.74) is 0.470. The van der Waals surface area contributed by atoms with E-state index in [0.717, 1.165) is 0 Å². The van der Waals surface area contributed by atoms with Crippen molar-refractivity contribution in [3.63, 3.8) is 0 Å². The molecule has 0 aromatic carbocycles. The normalized spacial score (nSPS) is 16.3. The van der Waals surface area contributed by atoms with Crippen molar-refractivity contribution < 1.29 is 19.1 Å². The van der Waals surface area contributed by atoms with Crippen LogP contribution in [0.4, 0.5) is 4.79 Å². The average Bonchev–Trinajstić information content (AvgIpc) is 2.35. The Kier molecular flexibility index (Phi) is 7.41. The number of ether oxygens (including phenoxy) is 2. The fourth-order valence-electron chi connectivity index (χ4n) is 1.15. The molecule has 0 aromatic rings. The average molecular weight is 291 g/mol. The van der Waals surface area contributed by atoms with E-state index in [1.807, 2.05) is 0 Å². The lowest BCUT2D eigenvalue weighted by molar-refractivity contribution is -0.117. The van der Waals surface area contributed by atoms with Gasteiger partial charge in [0, 0.05) is 17.9 Å². The molecule has 0 aromatic heterocycles. The summed E-state index contributed by atoms with van der Waals surface area (Å²) in [4.78, 5) is 22.7. The third kappa shape index (κ3) is 6.44. The summed E-state index contributed by atoms with van der Waals surface area (Å²) in [5.74, 6) is 0.379. The molecule has 0 aliphatic carbocycles. The highest BCUT2D eigenvalue weighted by molar-refractivity contribution is 8.38. The van der Waals surface area contributed by atoms with Gasteiger partial charge in [-0.2, -0.15) is 0 Å². The molecule has 5 nitrogen and oxygen atoms in total. The Morgan fingerprint density at radius 3 is 2.67 bits per heavy atom. The number of hydrogen-bond donors (Lipinski definition) is 1. The number of nitrogens with one attached hydrogen (secondary N) is 1. The predicted molar refractivity (Wildman–Crippen MR) is 73.8 cm³/mol. The van der Waals surface area contributed by atoms with Crippen molar-refractivity contribution >= 4 is 33.9 Å². The van der Waals surface area contributed by atoms with Crippen molar-refractivity contribution in [2.24, 2.45) is 0 Å². The fraction of sp³-hybridized carbons (Fsp3) is 0.636. The standard InChI is InChI=1S/C11H17NO4S2/c1-8(2)10(13)12-3-4-17-11(14)18-9-5-15-7-16-6-9/h9H,1,3-7H2,2H3,(H,12,13). The van der Waals surface area contributed by atoms with Crippen LogP contribution in [0, 0.1) is 0 Å². The minimum absolute atomic E-state index is 0.0265. The molecule has 1 fully saturated rings. The van der Waals surface area contributed by atoms with Gasteiger partial charge in [-0.25, -0.2) is 0 Å². The lowest BCUT2D eigenvalue weighted by Gasteiger charge is -2.20. The molecule has 0 saturated carbocycles. The Labute approximate surface area is 115 Å². The number of amides is 1. The van der Waals surface area contributed by atoms with Gasteiger partial charge >= 0.3 is 0 Å². The van der Waals surface area contributed by atoms with Gasteiger partial charge in [0.1, 0.15) is 6.79 Å². The van der Waals surface area contributed by atoms with Crippen LogP contribution in [0.15, 0.2) is 12.2 Å². The van der Waals surface area contributed by atoms with Crippen molar-refractivity contribution in [1.29, 1.82) is 0 Å². The first-order valence-corrected chi connectivity index (χ1v) is 7.38. The molecular formula is C11H17NO4S2. The van der Waals surface area contributed by atoms with Crippen molar-refractivity contribution in [2.45, 2.75) is 12.2 Å². The molecular weight excluding hydrogens is 274 g/mol. The SMILES string of the molecule is C=C(C)C(=O)NCCSC(=O)SC1COCOC1. The molecule has 1 heterocycles. The first kappa shape index (κ1) is 15.6. The molecule has 0 bridgehead atoms. The van der Waals surface area contributed by atoms with E-state index >= 15 is 0 Å². The smallest absolute Gasteiger partial charge is 0.246 e. The van der Waals surface area contributed by atoms with Crippen LogP contribution in [0.2, 0.25) is 0 Å². The fourth-order valence-corrected chi connectivity index (χ4v) is 3.06. The first-order valence-electron chi connectivity index (χ1n) is 5.52. The van der Waals surface area contributed by atoms with Gasteiger partial charge in [-0.1, -0.05) is 30.1 Å². The van der Waals surface area contributed by atoms with E-state index in [9.17, 15) is 9.59 Å². The Balaban J connectivity index is 2.06. The monoisotopic (exact) mass is 291 g/mol. The van der Waals surface area contributed by atoms with Crippen LogP contribution in [0.25, 0.3) is 0 Å². The molecule has 18 heavy (non-hydrogen) atoms. The predicted octanol–water partition coefficient (Wildman–Crippen LogP) is 1.64. The number of carbonyl (C=O) groups is 2. The summed E-state index contributed by atoms with van der Waals surface area (Å²) < 4.78 is 10.2. The van der Waals surface area contributed by atoms with Crippen LogP contribution >= 0.6 is 23.5 Å². The molecule has 1 rings (SSSR count). The third-order valence-corrected chi connectivity index (χ3v) is 4.12. The highest BCUT2D eigenvalue weighted by Gasteiger charge is 2.18. The molecule has 0 radical (unpaired) electrons. The molecule has 1 aliphatic heterocycles. The van der Waals surface area contributed by atoms with Crippen LogP contribution in [-0.4, -0.2) is 47.9 Å². The first-order chi connectivity index (χ1) is 8.59. The maximum Gasteiger partial charge on any atom is 0.246 e. The van der Waals surface area contributed by atoms with Gasteiger partial charge in [0.15, 0.2) is 0 Å². The molecule has 1 saturated heterocycles. The van der Waals surface area contributed by atoms with Gasteiger partial charge in [0.2, 0.25) is 10.4 Å². The van der Waals surface area contributed by atoms with Crippen LogP contribution in [-0.2, 0) is 14.3 Å². The van der Waals surface area contributed by atoms with E-state index in [4.69, 9.17) is 9.47 Å². The summed E-state index contributed by atoms with van der Waals surface area (Å²) in [7, 11) is 0. The molecule has 0 atom stereocenters. The maximum atomic E-state index is 11.6. The third-order valence-electron chi connectivity index (χ3n) is 2.03. The van der Waals surface area contributed by atoms with Gasteiger partial charge in [-0.3, -0.25) is 9.59 Å². The van der Waals surface area contributed by atoms with Crippen LogP contribution < -0.4 is 5.32 Å².